The molecule has 0 amide bonds. The first-order valence-corrected chi connectivity index (χ1v) is 10.1. The number of aliphatic hydroxyl groups is 2. The van der Waals surface area contributed by atoms with Gasteiger partial charge in [0.15, 0.2) is 0 Å². The highest BCUT2D eigenvalue weighted by Gasteiger charge is 2.52. The molecule has 2 unspecified atom stereocenters. The van der Waals surface area contributed by atoms with E-state index in [0.717, 1.165) is 18.9 Å². The van der Waals surface area contributed by atoms with Crippen molar-refractivity contribution in [1.82, 2.24) is 4.57 Å². The Morgan fingerprint density at radius 2 is 1.77 bits per heavy atom. The van der Waals surface area contributed by atoms with Crippen LogP contribution in [0.2, 0.25) is 0 Å². The van der Waals surface area contributed by atoms with Gasteiger partial charge in [-0.05, 0) is 31.4 Å². The second kappa shape index (κ2) is 6.78. The second-order valence-corrected chi connectivity index (χ2v) is 9.34. The second-order valence-electron chi connectivity index (χ2n) is 9.34. The van der Waals surface area contributed by atoms with E-state index >= 15 is 4.39 Å². The monoisotopic (exact) mass is 418 g/mol. The highest BCUT2D eigenvalue weighted by molar-refractivity contribution is 5.95. The van der Waals surface area contributed by atoms with Crippen molar-refractivity contribution in [2.45, 2.75) is 39.7 Å². The molecule has 1 saturated heterocycles. The van der Waals surface area contributed by atoms with Crippen molar-refractivity contribution in [3.8, 4) is 0 Å². The number of aromatic nitrogens is 1. The Hall–Kier alpha value is -2.45. The van der Waals surface area contributed by atoms with Crippen molar-refractivity contribution < 1.29 is 24.5 Å². The molecule has 1 aromatic carbocycles. The van der Waals surface area contributed by atoms with Crippen molar-refractivity contribution in [3.05, 3.63) is 39.4 Å². The summed E-state index contributed by atoms with van der Waals surface area (Å²) in [5, 5.41) is 29.4. The molecule has 162 valence electrons. The van der Waals surface area contributed by atoms with Crippen LogP contribution in [0.3, 0.4) is 0 Å². The van der Waals surface area contributed by atoms with Gasteiger partial charge < -0.3 is 24.8 Å². The average Bonchev–Trinajstić information content (AvgIpc) is 3.49. The number of fused-ring (bicyclic) bond motifs is 1. The summed E-state index contributed by atoms with van der Waals surface area (Å²) in [6.45, 7) is 5.89. The van der Waals surface area contributed by atoms with Gasteiger partial charge in [0.2, 0.25) is 5.43 Å². The molecule has 1 aliphatic carbocycles. The summed E-state index contributed by atoms with van der Waals surface area (Å²) in [5.74, 6) is -1.93. The third-order valence-electron chi connectivity index (χ3n) is 7.20. The van der Waals surface area contributed by atoms with E-state index in [4.69, 9.17) is 0 Å². The Bertz CT molecular complexity index is 1090. The number of hydrogen-bond acceptors (Lipinski definition) is 5. The van der Waals surface area contributed by atoms with Crippen LogP contribution in [0, 0.1) is 23.6 Å². The fourth-order valence-electron chi connectivity index (χ4n) is 4.77. The highest BCUT2D eigenvalue weighted by atomic mass is 19.1. The molecule has 0 spiro atoms. The third kappa shape index (κ3) is 2.85. The maximum atomic E-state index is 15.3. The number of benzene rings is 1. The molecule has 2 atom stereocenters. The molecule has 30 heavy (non-hydrogen) atoms. The smallest absolute Gasteiger partial charge is 0.341 e. The number of carboxylic acid groups (broad SMARTS) is 1. The summed E-state index contributed by atoms with van der Waals surface area (Å²) < 4.78 is 17.1. The number of hydrogen-bond donors (Lipinski definition) is 3. The molecule has 4 rings (SSSR count). The minimum atomic E-state index is -1.32. The molecular formula is C22H27FN2O5. The van der Waals surface area contributed by atoms with Crippen LogP contribution in [0.1, 0.15) is 48.7 Å². The summed E-state index contributed by atoms with van der Waals surface area (Å²) in [7, 11) is 0. The predicted molar refractivity (Wildman–Crippen MR) is 111 cm³/mol. The van der Waals surface area contributed by atoms with Crippen LogP contribution in [-0.2, 0) is 0 Å². The molecule has 2 aromatic rings. The zero-order valence-electron chi connectivity index (χ0n) is 17.4. The number of aliphatic hydroxyl groups excluding tert-OH is 2. The summed E-state index contributed by atoms with van der Waals surface area (Å²) >= 11 is 0. The van der Waals surface area contributed by atoms with Gasteiger partial charge in [-0.25, -0.2) is 9.18 Å². The minimum absolute atomic E-state index is 0.0644. The zero-order valence-corrected chi connectivity index (χ0v) is 17.4. The van der Waals surface area contributed by atoms with E-state index in [-0.39, 0.29) is 30.2 Å². The number of anilines is 1. The van der Waals surface area contributed by atoms with Crippen LogP contribution in [0.4, 0.5) is 10.1 Å². The Balaban J connectivity index is 1.96. The Morgan fingerprint density at radius 1 is 1.20 bits per heavy atom. The van der Waals surface area contributed by atoms with E-state index in [2.05, 4.69) is 0 Å². The number of pyridine rings is 1. The first-order chi connectivity index (χ1) is 14.1. The lowest BCUT2D eigenvalue weighted by molar-refractivity contribution is 0.00976. The summed E-state index contributed by atoms with van der Waals surface area (Å²) in [5.41, 5.74) is -0.859. The Morgan fingerprint density at radius 3 is 2.23 bits per heavy atom. The van der Waals surface area contributed by atoms with E-state index in [1.807, 2.05) is 18.7 Å². The van der Waals surface area contributed by atoms with Crippen LogP contribution >= 0.6 is 0 Å². The van der Waals surface area contributed by atoms with Gasteiger partial charge in [0.25, 0.3) is 0 Å². The average molecular weight is 418 g/mol. The van der Waals surface area contributed by atoms with Crippen LogP contribution < -0.4 is 10.3 Å². The van der Waals surface area contributed by atoms with Gasteiger partial charge >= 0.3 is 5.97 Å². The first-order valence-electron chi connectivity index (χ1n) is 10.1. The van der Waals surface area contributed by atoms with E-state index in [0.29, 0.717) is 29.9 Å². The van der Waals surface area contributed by atoms with Crippen molar-refractivity contribution in [1.29, 1.82) is 0 Å². The molecule has 0 radical (unpaired) electrons. The van der Waals surface area contributed by atoms with Gasteiger partial charge in [-0.2, -0.15) is 0 Å². The minimum Gasteiger partial charge on any atom is -0.477 e. The van der Waals surface area contributed by atoms with E-state index in [1.165, 1.54) is 6.20 Å². The van der Waals surface area contributed by atoms with Crippen molar-refractivity contribution in [2.75, 3.05) is 31.2 Å². The van der Waals surface area contributed by atoms with Gasteiger partial charge in [0.1, 0.15) is 11.4 Å². The van der Waals surface area contributed by atoms with Crippen molar-refractivity contribution in [3.63, 3.8) is 0 Å². The normalized spacial score (nSPS) is 26.5. The van der Waals surface area contributed by atoms with Crippen molar-refractivity contribution >= 4 is 22.6 Å². The maximum Gasteiger partial charge on any atom is 0.341 e. The zero-order chi connectivity index (χ0) is 22.0. The van der Waals surface area contributed by atoms with Crippen LogP contribution in [-0.4, -0.2) is 52.2 Å². The highest BCUT2D eigenvalue weighted by Crippen LogP contribution is 2.48. The predicted octanol–water partition coefficient (Wildman–Crippen LogP) is 2.30. The number of aryl methyl sites for hydroxylation is 1. The molecule has 1 aliphatic heterocycles. The van der Waals surface area contributed by atoms with Gasteiger partial charge in [0, 0.05) is 41.5 Å². The van der Waals surface area contributed by atoms with E-state index in [1.54, 1.807) is 11.5 Å². The topological polar surface area (TPSA) is 103 Å². The molecule has 0 bridgehead atoms. The van der Waals surface area contributed by atoms with Gasteiger partial charge in [-0.3, -0.25) is 4.79 Å². The molecule has 7 nitrogen and oxygen atoms in total. The van der Waals surface area contributed by atoms with Gasteiger partial charge in [-0.15, -0.1) is 0 Å². The van der Waals surface area contributed by atoms with Crippen LogP contribution in [0.5, 0.6) is 0 Å². The van der Waals surface area contributed by atoms with Crippen LogP contribution in [0.25, 0.3) is 10.9 Å². The molecule has 2 heterocycles. The van der Waals surface area contributed by atoms with E-state index < -0.39 is 28.0 Å². The molecule has 3 N–H and O–H groups in total. The lowest BCUT2D eigenvalue weighted by atomic mass is 9.69. The van der Waals surface area contributed by atoms with E-state index in [9.17, 15) is 24.9 Å². The molecule has 1 saturated carbocycles. The fraction of sp³-hybridized carbons (Fsp3) is 0.545. The number of nitrogens with zero attached hydrogens (tertiary/aromatic N) is 2. The number of halogens is 1. The summed E-state index contributed by atoms with van der Waals surface area (Å²) in [4.78, 5) is 26.1. The Kier molecular flexibility index (Phi) is 4.70. The molecule has 1 aromatic heterocycles. The van der Waals surface area contributed by atoms with Crippen molar-refractivity contribution in [2.24, 2.45) is 10.8 Å². The number of rotatable bonds is 5. The Labute approximate surface area is 173 Å². The quantitative estimate of drug-likeness (QED) is 0.689. The summed E-state index contributed by atoms with van der Waals surface area (Å²) in [6, 6.07) is 1.23. The lowest BCUT2D eigenvalue weighted by Gasteiger charge is -2.36. The lowest BCUT2D eigenvalue weighted by Crippen LogP contribution is -2.41. The first kappa shape index (κ1) is 20.8. The fourth-order valence-corrected chi connectivity index (χ4v) is 4.77. The molecular weight excluding hydrogens is 391 g/mol. The molecule has 8 heteroatoms. The third-order valence-corrected chi connectivity index (χ3v) is 7.20. The van der Waals surface area contributed by atoms with Gasteiger partial charge in [-0.1, -0.05) is 13.8 Å². The number of carboxylic acids is 1. The SMILES string of the molecule is Cc1c(N2CC(C)(CO)C(C)(CO)C2)c(F)cc2c(=O)c(C(=O)O)cn(C3CC3)c12. The number of carbonyl (C=O) groups is 1. The van der Waals surface area contributed by atoms with Crippen LogP contribution in [0.15, 0.2) is 17.1 Å². The van der Waals surface area contributed by atoms with Gasteiger partial charge in [0.05, 0.1) is 24.4 Å². The molecule has 2 fully saturated rings. The standard InChI is InChI=1S/C22H27FN2O5/c1-12-17-14(19(28)15(20(29)30)7-25(17)13-4-5-13)6-16(23)18(12)24-8-21(2,10-26)22(3,9-24)11-27/h6-7,13,26-27H,4-5,8-11H2,1-3H3,(H,29,30). The largest absolute Gasteiger partial charge is 0.477 e. The summed E-state index contributed by atoms with van der Waals surface area (Å²) in [6.07, 6.45) is 3.12. The number of aromatic carboxylic acids is 1. The molecule has 2 aliphatic rings. The maximum absolute atomic E-state index is 15.3.